The minimum Gasteiger partial charge on any atom is -0.325 e. The van der Waals surface area contributed by atoms with Crippen molar-refractivity contribution in [1.29, 1.82) is 0 Å². The van der Waals surface area contributed by atoms with Crippen LogP contribution in [0.15, 0.2) is 60.7 Å². The van der Waals surface area contributed by atoms with Crippen molar-refractivity contribution in [2.24, 2.45) is 5.92 Å². The lowest BCUT2D eigenvalue weighted by Gasteiger charge is -2.18. The lowest BCUT2D eigenvalue weighted by Crippen LogP contribution is -2.28. The first-order chi connectivity index (χ1) is 13.0. The van der Waals surface area contributed by atoms with Gasteiger partial charge in [-0.3, -0.25) is 9.59 Å². The summed E-state index contributed by atoms with van der Waals surface area (Å²) in [7, 11) is 0. The first-order valence-electron chi connectivity index (χ1n) is 9.18. The van der Waals surface area contributed by atoms with E-state index in [1.807, 2.05) is 68.4 Å². The lowest BCUT2D eigenvalue weighted by atomic mass is 10.1. The van der Waals surface area contributed by atoms with Gasteiger partial charge in [-0.25, -0.2) is 0 Å². The van der Waals surface area contributed by atoms with Gasteiger partial charge in [0.05, 0.1) is 5.92 Å². The molecule has 0 spiro atoms. The van der Waals surface area contributed by atoms with Gasteiger partial charge >= 0.3 is 0 Å². The number of benzene rings is 3. The lowest BCUT2D eigenvalue weighted by molar-refractivity contribution is -0.122. The highest BCUT2D eigenvalue weighted by atomic mass is 16.2. The molecular formula is C23H22N2O2. The summed E-state index contributed by atoms with van der Waals surface area (Å²) >= 11 is 0. The molecule has 0 aliphatic carbocycles. The van der Waals surface area contributed by atoms with E-state index in [0.29, 0.717) is 6.54 Å². The molecule has 3 aromatic carbocycles. The Morgan fingerprint density at radius 3 is 2.48 bits per heavy atom. The van der Waals surface area contributed by atoms with Crippen molar-refractivity contribution in [2.75, 3.05) is 16.8 Å². The zero-order valence-corrected chi connectivity index (χ0v) is 15.5. The zero-order valence-electron chi connectivity index (χ0n) is 15.5. The molecule has 1 aliphatic heterocycles. The predicted molar refractivity (Wildman–Crippen MR) is 109 cm³/mol. The molecule has 0 saturated carbocycles. The van der Waals surface area contributed by atoms with Crippen LogP contribution in [0.3, 0.4) is 0 Å². The van der Waals surface area contributed by atoms with Crippen molar-refractivity contribution in [3.63, 3.8) is 0 Å². The van der Waals surface area contributed by atoms with Crippen molar-refractivity contribution < 1.29 is 9.59 Å². The fourth-order valence-corrected chi connectivity index (χ4v) is 3.81. The van der Waals surface area contributed by atoms with Gasteiger partial charge in [-0.15, -0.1) is 0 Å². The summed E-state index contributed by atoms with van der Waals surface area (Å²) in [5.74, 6) is -0.457. The number of anilines is 2. The molecule has 2 amide bonds. The van der Waals surface area contributed by atoms with E-state index in [4.69, 9.17) is 0 Å². The maximum Gasteiger partial charge on any atom is 0.229 e. The normalized spacial score (nSPS) is 16.7. The van der Waals surface area contributed by atoms with E-state index in [2.05, 4.69) is 11.4 Å². The predicted octanol–water partition coefficient (Wildman–Crippen LogP) is 4.45. The number of fused-ring (bicyclic) bond motifs is 1. The summed E-state index contributed by atoms with van der Waals surface area (Å²) in [5, 5.41) is 5.11. The summed E-state index contributed by atoms with van der Waals surface area (Å²) in [6.45, 7) is 4.45. The van der Waals surface area contributed by atoms with Gasteiger partial charge in [0.1, 0.15) is 0 Å². The smallest absolute Gasteiger partial charge is 0.229 e. The van der Waals surface area contributed by atoms with Crippen LogP contribution >= 0.6 is 0 Å². The summed E-state index contributed by atoms with van der Waals surface area (Å²) in [5.41, 5.74) is 3.89. The average molecular weight is 358 g/mol. The Labute approximate surface area is 158 Å². The summed E-state index contributed by atoms with van der Waals surface area (Å²) in [6.07, 6.45) is 0.240. The molecule has 0 aromatic heterocycles. The number of carbonyl (C=O) groups excluding carboxylic acids is 2. The van der Waals surface area contributed by atoms with Gasteiger partial charge < -0.3 is 10.2 Å². The van der Waals surface area contributed by atoms with Crippen LogP contribution in [-0.2, 0) is 9.59 Å². The Bertz CT molecular complexity index is 1020. The van der Waals surface area contributed by atoms with Crippen molar-refractivity contribution in [1.82, 2.24) is 0 Å². The number of hydrogen-bond acceptors (Lipinski definition) is 2. The van der Waals surface area contributed by atoms with Crippen LogP contribution in [0, 0.1) is 19.8 Å². The van der Waals surface area contributed by atoms with E-state index >= 15 is 0 Å². The molecule has 0 radical (unpaired) electrons. The number of amides is 2. The van der Waals surface area contributed by atoms with Crippen molar-refractivity contribution in [2.45, 2.75) is 20.3 Å². The number of aryl methyl sites for hydroxylation is 2. The Hall–Kier alpha value is -3.14. The monoisotopic (exact) mass is 358 g/mol. The second kappa shape index (κ2) is 6.88. The van der Waals surface area contributed by atoms with Gasteiger partial charge in [-0.05, 0) is 48.6 Å². The van der Waals surface area contributed by atoms with Crippen LogP contribution in [-0.4, -0.2) is 18.4 Å². The van der Waals surface area contributed by atoms with Gasteiger partial charge in [-0.2, -0.15) is 0 Å². The molecule has 1 fully saturated rings. The molecule has 1 aliphatic rings. The number of hydrogen-bond donors (Lipinski definition) is 1. The molecule has 1 N–H and O–H groups in total. The van der Waals surface area contributed by atoms with E-state index < -0.39 is 0 Å². The highest BCUT2D eigenvalue weighted by Gasteiger charge is 2.35. The molecule has 136 valence electrons. The van der Waals surface area contributed by atoms with Crippen LogP contribution < -0.4 is 10.2 Å². The molecular weight excluding hydrogens is 336 g/mol. The van der Waals surface area contributed by atoms with Gasteiger partial charge in [0, 0.05) is 29.7 Å². The summed E-state index contributed by atoms with van der Waals surface area (Å²) in [4.78, 5) is 27.1. The van der Waals surface area contributed by atoms with Crippen molar-refractivity contribution in [3.05, 3.63) is 71.8 Å². The molecule has 0 unspecified atom stereocenters. The van der Waals surface area contributed by atoms with E-state index in [1.54, 1.807) is 4.90 Å². The Balaban J connectivity index is 1.54. The van der Waals surface area contributed by atoms with Crippen LogP contribution in [0.4, 0.5) is 11.4 Å². The standard InChI is InChI=1S/C23H22N2O2/c1-15-10-16(2)12-19(11-15)25-14-18(13-22(25)26)23(27)24-21-9-5-7-17-6-3-4-8-20(17)21/h3-12,18H,13-14H2,1-2H3,(H,24,27)/t18-/m1/s1. The average Bonchev–Trinajstić information content (AvgIpc) is 3.03. The van der Waals surface area contributed by atoms with Crippen LogP contribution in [0.1, 0.15) is 17.5 Å². The van der Waals surface area contributed by atoms with Gasteiger partial charge in [-0.1, -0.05) is 42.5 Å². The Morgan fingerprint density at radius 1 is 1.00 bits per heavy atom. The van der Waals surface area contributed by atoms with Crippen molar-refractivity contribution in [3.8, 4) is 0 Å². The zero-order chi connectivity index (χ0) is 19.0. The SMILES string of the molecule is Cc1cc(C)cc(N2C[C@H](C(=O)Nc3cccc4ccccc34)CC2=O)c1. The molecule has 4 nitrogen and oxygen atoms in total. The second-order valence-electron chi connectivity index (χ2n) is 7.27. The minimum atomic E-state index is -0.350. The highest BCUT2D eigenvalue weighted by Crippen LogP contribution is 2.29. The molecule has 4 heteroatoms. The first kappa shape index (κ1) is 17.3. The molecule has 0 bridgehead atoms. The van der Waals surface area contributed by atoms with Gasteiger partial charge in [0.2, 0.25) is 11.8 Å². The van der Waals surface area contributed by atoms with Gasteiger partial charge in [0.25, 0.3) is 0 Å². The number of nitrogens with zero attached hydrogens (tertiary/aromatic N) is 1. The topological polar surface area (TPSA) is 49.4 Å². The van der Waals surface area contributed by atoms with E-state index in [9.17, 15) is 9.59 Å². The maximum absolute atomic E-state index is 12.8. The third-order valence-corrected chi connectivity index (χ3v) is 5.06. The Kier molecular flexibility index (Phi) is 4.40. The fourth-order valence-electron chi connectivity index (χ4n) is 3.81. The molecule has 1 saturated heterocycles. The molecule has 4 rings (SSSR count). The minimum absolute atomic E-state index is 0.00179. The second-order valence-corrected chi connectivity index (χ2v) is 7.27. The summed E-state index contributed by atoms with van der Waals surface area (Å²) < 4.78 is 0. The van der Waals surface area contributed by atoms with Gasteiger partial charge in [0.15, 0.2) is 0 Å². The van der Waals surface area contributed by atoms with Crippen LogP contribution in [0.5, 0.6) is 0 Å². The molecule has 1 atom stereocenters. The van der Waals surface area contributed by atoms with Crippen LogP contribution in [0.2, 0.25) is 0 Å². The highest BCUT2D eigenvalue weighted by molar-refractivity contribution is 6.07. The van der Waals surface area contributed by atoms with E-state index in [1.165, 1.54) is 0 Å². The largest absolute Gasteiger partial charge is 0.325 e. The molecule has 3 aromatic rings. The third kappa shape index (κ3) is 3.43. The molecule has 27 heavy (non-hydrogen) atoms. The first-order valence-corrected chi connectivity index (χ1v) is 9.18. The third-order valence-electron chi connectivity index (χ3n) is 5.06. The Morgan fingerprint density at radius 2 is 1.70 bits per heavy atom. The fraction of sp³-hybridized carbons (Fsp3) is 0.217. The van der Waals surface area contributed by atoms with E-state index in [0.717, 1.165) is 33.3 Å². The number of rotatable bonds is 3. The quantitative estimate of drug-likeness (QED) is 0.752. The summed E-state index contributed by atoms with van der Waals surface area (Å²) in [6, 6.07) is 19.9. The maximum atomic E-state index is 12.8. The van der Waals surface area contributed by atoms with Crippen LogP contribution in [0.25, 0.3) is 10.8 Å². The van der Waals surface area contributed by atoms with Crippen molar-refractivity contribution >= 4 is 34.0 Å². The number of nitrogens with one attached hydrogen (secondary N) is 1. The molecule has 1 heterocycles. The van der Waals surface area contributed by atoms with E-state index in [-0.39, 0.29) is 24.2 Å². The number of carbonyl (C=O) groups is 2.